The molecule has 0 fully saturated rings. The normalized spacial score (nSPS) is 13.1. The monoisotopic (exact) mass is 217 g/mol. The molecule has 0 aromatic carbocycles. The van der Waals surface area contributed by atoms with Gasteiger partial charge in [0, 0.05) is 20.8 Å². The average Bonchev–Trinajstić information content (AvgIpc) is 2.18. The lowest BCUT2D eigenvalue weighted by Crippen LogP contribution is -2.41. The minimum absolute atomic E-state index is 0.147. The van der Waals surface area contributed by atoms with E-state index in [1.165, 1.54) is 0 Å². The summed E-state index contributed by atoms with van der Waals surface area (Å²) in [6.07, 6.45) is -0.217. The lowest BCUT2D eigenvalue weighted by atomic mass is 10.3. The van der Waals surface area contributed by atoms with Gasteiger partial charge in [0.2, 0.25) is 0 Å². The fourth-order valence-corrected chi connectivity index (χ4v) is 1.21. The summed E-state index contributed by atoms with van der Waals surface area (Å²) in [6, 6.07) is 0.147. The quantitative estimate of drug-likeness (QED) is 0.357. The van der Waals surface area contributed by atoms with Gasteiger partial charge in [0.05, 0.1) is 19.3 Å². The van der Waals surface area contributed by atoms with Crippen molar-refractivity contribution in [2.24, 2.45) is 0 Å². The van der Waals surface area contributed by atoms with Crippen LogP contribution in [0.5, 0.6) is 0 Å². The Kier molecular flexibility index (Phi) is 8.61. The van der Waals surface area contributed by atoms with Crippen LogP contribution in [0.4, 0.5) is 0 Å². The zero-order chi connectivity index (χ0) is 11.7. The molecule has 1 unspecified atom stereocenters. The Labute approximate surface area is 92.6 Å². The Morgan fingerprint density at radius 2 is 1.93 bits per heavy atom. The SMILES string of the molecule is C=C(C)COCCNC(C)C(OC)OC. The topological polar surface area (TPSA) is 39.7 Å². The van der Waals surface area contributed by atoms with Gasteiger partial charge in [-0.05, 0) is 13.8 Å². The van der Waals surface area contributed by atoms with Crippen LogP contribution in [0.15, 0.2) is 12.2 Å². The highest BCUT2D eigenvalue weighted by molar-refractivity contribution is 4.87. The summed E-state index contributed by atoms with van der Waals surface area (Å²) in [5.41, 5.74) is 1.04. The summed E-state index contributed by atoms with van der Waals surface area (Å²) >= 11 is 0. The van der Waals surface area contributed by atoms with Crippen molar-refractivity contribution < 1.29 is 14.2 Å². The largest absolute Gasteiger partial charge is 0.376 e. The smallest absolute Gasteiger partial charge is 0.171 e. The Morgan fingerprint density at radius 1 is 1.33 bits per heavy atom. The highest BCUT2D eigenvalue weighted by Gasteiger charge is 2.14. The lowest BCUT2D eigenvalue weighted by molar-refractivity contribution is -0.119. The van der Waals surface area contributed by atoms with Crippen molar-refractivity contribution in [3.63, 3.8) is 0 Å². The van der Waals surface area contributed by atoms with E-state index in [2.05, 4.69) is 11.9 Å². The molecule has 0 spiro atoms. The van der Waals surface area contributed by atoms with Crippen molar-refractivity contribution in [3.8, 4) is 0 Å². The highest BCUT2D eigenvalue weighted by Crippen LogP contribution is 1.97. The second-order valence-corrected chi connectivity index (χ2v) is 3.59. The molecule has 0 bridgehead atoms. The number of hydrogen-bond acceptors (Lipinski definition) is 4. The summed E-state index contributed by atoms with van der Waals surface area (Å²) in [6.45, 7) is 9.77. The first-order valence-electron chi connectivity index (χ1n) is 5.13. The summed E-state index contributed by atoms with van der Waals surface area (Å²) in [4.78, 5) is 0. The van der Waals surface area contributed by atoms with Crippen molar-refractivity contribution in [1.29, 1.82) is 0 Å². The molecule has 0 amide bonds. The van der Waals surface area contributed by atoms with Gasteiger partial charge in [0.25, 0.3) is 0 Å². The molecule has 4 nitrogen and oxygen atoms in total. The molecule has 0 aliphatic rings. The van der Waals surface area contributed by atoms with Gasteiger partial charge in [-0.2, -0.15) is 0 Å². The van der Waals surface area contributed by atoms with Gasteiger partial charge >= 0.3 is 0 Å². The number of nitrogens with one attached hydrogen (secondary N) is 1. The van der Waals surface area contributed by atoms with Gasteiger partial charge in [-0.1, -0.05) is 12.2 Å². The number of methoxy groups -OCH3 is 2. The van der Waals surface area contributed by atoms with E-state index >= 15 is 0 Å². The Balaban J connectivity index is 3.45. The minimum Gasteiger partial charge on any atom is -0.376 e. The molecule has 1 N–H and O–H groups in total. The zero-order valence-electron chi connectivity index (χ0n) is 10.2. The first-order chi connectivity index (χ1) is 7.11. The predicted molar refractivity (Wildman–Crippen MR) is 60.9 cm³/mol. The minimum atomic E-state index is -0.217. The Hall–Kier alpha value is -0.420. The average molecular weight is 217 g/mol. The predicted octanol–water partition coefficient (Wildman–Crippen LogP) is 1.18. The molecule has 0 saturated carbocycles. The number of hydrogen-bond donors (Lipinski definition) is 1. The van der Waals surface area contributed by atoms with Gasteiger partial charge in [-0.25, -0.2) is 0 Å². The van der Waals surface area contributed by atoms with Gasteiger partial charge in [0.15, 0.2) is 6.29 Å². The molecule has 0 radical (unpaired) electrons. The van der Waals surface area contributed by atoms with Crippen LogP contribution in [-0.2, 0) is 14.2 Å². The third-order valence-corrected chi connectivity index (χ3v) is 1.93. The van der Waals surface area contributed by atoms with E-state index in [1.54, 1.807) is 14.2 Å². The van der Waals surface area contributed by atoms with E-state index in [4.69, 9.17) is 14.2 Å². The van der Waals surface area contributed by atoms with Crippen molar-refractivity contribution in [2.45, 2.75) is 26.2 Å². The molecule has 4 heteroatoms. The van der Waals surface area contributed by atoms with Gasteiger partial charge in [-0.15, -0.1) is 0 Å². The van der Waals surface area contributed by atoms with Crippen LogP contribution in [-0.4, -0.2) is 46.3 Å². The maximum Gasteiger partial charge on any atom is 0.171 e. The van der Waals surface area contributed by atoms with Crippen molar-refractivity contribution >= 4 is 0 Å². The lowest BCUT2D eigenvalue weighted by Gasteiger charge is -2.22. The number of ether oxygens (including phenoxy) is 3. The van der Waals surface area contributed by atoms with Gasteiger partial charge < -0.3 is 19.5 Å². The van der Waals surface area contributed by atoms with Crippen molar-refractivity contribution in [3.05, 3.63) is 12.2 Å². The van der Waals surface area contributed by atoms with E-state index < -0.39 is 0 Å². The van der Waals surface area contributed by atoms with Crippen LogP contribution in [0.25, 0.3) is 0 Å². The van der Waals surface area contributed by atoms with Crippen LogP contribution in [0.3, 0.4) is 0 Å². The second-order valence-electron chi connectivity index (χ2n) is 3.59. The molecular formula is C11H23NO3. The molecule has 0 aliphatic carbocycles. The van der Waals surface area contributed by atoms with Gasteiger partial charge in [0.1, 0.15) is 0 Å². The molecule has 0 rings (SSSR count). The third kappa shape index (κ3) is 7.50. The molecule has 0 aliphatic heterocycles. The molecular weight excluding hydrogens is 194 g/mol. The maximum atomic E-state index is 5.35. The fraction of sp³-hybridized carbons (Fsp3) is 0.818. The maximum absolute atomic E-state index is 5.35. The van der Waals surface area contributed by atoms with Gasteiger partial charge in [-0.3, -0.25) is 0 Å². The summed E-state index contributed by atoms with van der Waals surface area (Å²) < 4.78 is 15.6. The van der Waals surface area contributed by atoms with E-state index in [1.807, 2.05) is 13.8 Å². The molecule has 90 valence electrons. The van der Waals surface area contributed by atoms with Crippen LogP contribution in [0, 0.1) is 0 Å². The summed E-state index contributed by atoms with van der Waals surface area (Å²) in [5, 5.41) is 3.25. The summed E-state index contributed by atoms with van der Waals surface area (Å²) in [5.74, 6) is 0. The molecule has 1 atom stereocenters. The third-order valence-electron chi connectivity index (χ3n) is 1.93. The van der Waals surface area contributed by atoms with Crippen molar-refractivity contribution in [1.82, 2.24) is 5.32 Å². The summed E-state index contributed by atoms with van der Waals surface area (Å²) in [7, 11) is 3.26. The van der Waals surface area contributed by atoms with E-state index in [9.17, 15) is 0 Å². The number of rotatable bonds is 9. The molecule has 0 saturated heterocycles. The second kappa shape index (κ2) is 8.85. The first kappa shape index (κ1) is 14.6. The highest BCUT2D eigenvalue weighted by atomic mass is 16.7. The van der Waals surface area contributed by atoms with Crippen LogP contribution < -0.4 is 5.32 Å². The Bertz CT molecular complexity index is 169. The van der Waals surface area contributed by atoms with E-state index in [-0.39, 0.29) is 12.3 Å². The van der Waals surface area contributed by atoms with Crippen LogP contribution in [0.2, 0.25) is 0 Å². The van der Waals surface area contributed by atoms with E-state index in [0.717, 1.165) is 12.1 Å². The Morgan fingerprint density at radius 3 is 2.40 bits per heavy atom. The van der Waals surface area contributed by atoms with Crippen LogP contribution in [0.1, 0.15) is 13.8 Å². The molecule has 0 heterocycles. The molecule has 0 aromatic rings. The van der Waals surface area contributed by atoms with E-state index in [0.29, 0.717) is 13.2 Å². The van der Waals surface area contributed by atoms with Crippen molar-refractivity contribution in [2.75, 3.05) is 34.0 Å². The molecule has 0 aromatic heterocycles. The van der Waals surface area contributed by atoms with Crippen LogP contribution >= 0.6 is 0 Å². The molecule has 15 heavy (non-hydrogen) atoms. The first-order valence-corrected chi connectivity index (χ1v) is 5.13. The standard InChI is InChI=1S/C11H23NO3/c1-9(2)8-15-7-6-12-10(3)11(13-4)14-5/h10-12H,1,6-8H2,2-5H3. The fourth-order valence-electron chi connectivity index (χ4n) is 1.21. The zero-order valence-corrected chi connectivity index (χ0v) is 10.2.